The maximum absolute atomic E-state index is 13.0. The Kier molecular flexibility index (Phi) is 10.2. The van der Waals surface area contributed by atoms with Crippen molar-refractivity contribution in [3.8, 4) is 5.75 Å². The predicted molar refractivity (Wildman–Crippen MR) is 126 cm³/mol. The zero-order chi connectivity index (χ0) is 22.8. The largest absolute Gasteiger partial charge is 0.494 e. The smallest absolute Gasteiger partial charge is 0.242 e. The van der Waals surface area contributed by atoms with Crippen molar-refractivity contribution < 1.29 is 14.3 Å². The zero-order valence-electron chi connectivity index (χ0n) is 18.2. The minimum absolute atomic E-state index is 0.0381. The van der Waals surface area contributed by atoms with E-state index in [-0.39, 0.29) is 30.8 Å². The summed E-state index contributed by atoms with van der Waals surface area (Å²) in [5.74, 6) is 0.474. The molecular formula is C24H30Cl2N2O3. The second-order valence-electron chi connectivity index (χ2n) is 7.53. The third-order valence-corrected chi connectivity index (χ3v) is 5.79. The first-order valence-corrected chi connectivity index (χ1v) is 11.3. The third-order valence-electron chi connectivity index (χ3n) is 5.05. The van der Waals surface area contributed by atoms with Gasteiger partial charge in [-0.15, -0.1) is 0 Å². The van der Waals surface area contributed by atoms with Gasteiger partial charge in [-0.3, -0.25) is 9.59 Å². The van der Waals surface area contributed by atoms with Crippen molar-refractivity contribution >= 4 is 35.0 Å². The first-order chi connectivity index (χ1) is 14.8. The Morgan fingerprint density at radius 3 is 2.42 bits per heavy atom. The number of benzene rings is 2. The van der Waals surface area contributed by atoms with Gasteiger partial charge >= 0.3 is 0 Å². The molecule has 2 atom stereocenters. The molecule has 0 unspecified atom stereocenters. The summed E-state index contributed by atoms with van der Waals surface area (Å²) in [5, 5.41) is 3.82. The van der Waals surface area contributed by atoms with Gasteiger partial charge in [0.25, 0.3) is 0 Å². The van der Waals surface area contributed by atoms with Gasteiger partial charge in [-0.05, 0) is 56.5 Å². The number of hydrogen-bond acceptors (Lipinski definition) is 3. The fourth-order valence-electron chi connectivity index (χ4n) is 2.96. The number of ether oxygens (including phenoxy) is 1. The molecule has 31 heavy (non-hydrogen) atoms. The van der Waals surface area contributed by atoms with Crippen molar-refractivity contribution in [3.05, 3.63) is 64.1 Å². The SMILES string of the molecule is CC[C@H](C)NC(=O)[C@H](C)N(Cc1ccc(Cl)c(Cl)c1)C(=O)CCCOc1ccccc1. The summed E-state index contributed by atoms with van der Waals surface area (Å²) in [7, 11) is 0. The van der Waals surface area contributed by atoms with E-state index < -0.39 is 6.04 Å². The molecule has 2 rings (SSSR count). The van der Waals surface area contributed by atoms with E-state index >= 15 is 0 Å². The van der Waals surface area contributed by atoms with Gasteiger partial charge in [0.2, 0.25) is 11.8 Å². The molecule has 2 aromatic carbocycles. The van der Waals surface area contributed by atoms with Crippen molar-refractivity contribution in [2.75, 3.05) is 6.61 Å². The molecule has 2 amide bonds. The summed E-state index contributed by atoms with van der Waals surface area (Å²) >= 11 is 12.1. The van der Waals surface area contributed by atoms with Crippen LogP contribution in [0, 0.1) is 0 Å². The topological polar surface area (TPSA) is 58.6 Å². The summed E-state index contributed by atoms with van der Waals surface area (Å²) in [4.78, 5) is 27.3. The van der Waals surface area contributed by atoms with Crippen LogP contribution in [-0.2, 0) is 16.1 Å². The molecule has 0 heterocycles. The van der Waals surface area contributed by atoms with Gasteiger partial charge in [0.05, 0.1) is 16.7 Å². The molecule has 1 N–H and O–H groups in total. The summed E-state index contributed by atoms with van der Waals surface area (Å²) in [6, 6.07) is 14.1. The van der Waals surface area contributed by atoms with Crippen molar-refractivity contribution in [1.82, 2.24) is 10.2 Å². The van der Waals surface area contributed by atoms with E-state index in [1.807, 2.05) is 50.2 Å². The van der Waals surface area contributed by atoms with Crippen LogP contribution in [0.15, 0.2) is 48.5 Å². The quantitative estimate of drug-likeness (QED) is 0.447. The maximum Gasteiger partial charge on any atom is 0.242 e. The average molecular weight is 465 g/mol. The Bertz CT molecular complexity index is 861. The molecule has 5 nitrogen and oxygen atoms in total. The molecule has 0 aliphatic heterocycles. The highest BCUT2D eigenvalue weighted by atomic mass is 35.5. The van der Waals surface area contributed by atoms with E-state index in [1.54, 1.807) is 24.0 Å². The number of nitrogens with one attached hydrogen (secondary N) is 1. The fourth-order valence-corrected chi connectivity index (χ4v) is 3.28. The van der Waals surface area contributed by atoms with Crippen LogP contribution in [0.1, 0.15) is 45.6 Å². The first-order valence-electron chi connectivity index (χ1n) is 10.5. The number of amides is 2. The van der Waals surface area contributed by atoms with Gasteiger partial charge in [-0.2, -0.15) is 0 Å². The molecule has 0 saturated carbocycles. The van der Waals surface area contributed by atoms with E-state index in [2.05, 4.69) is 5.32 Å². The van der Waals surface area contributed by atoms with E-state index in [4.69, 9.17) is 27.9 Å². The van der Waals surface area contributed by atoms with Crippen molar-refractivity contribution in [1.29, 1.82) is 0 Å². The minimum Gasteiger partial charge on any atom is -0.494 e. The number of rotatable bonds is 11. The molecule has 7 heteroatoms. The maximum atomic E-state index is 13.0. The fraction of sp³-hybridized carbons (Fsp3) is 0.417. The molecule has 0 spiro atoms. The number of nitrogens with zero attached hydrogens (tertiary/aromatic N) is 1. The number of carbonyl (C=O) groups is 2. The minimum atomic E-state index is -0.619. The Morgan fingerprint density at radius 1 is 1.06 bits per heavy atom. The van der Waals surface area contributed by atoms with E-state index in [0.29, 0.717) is 23.1 Å². The monoisotopic (exact) mass is 464 g/mol. The summed E-state index contributed by atoms with van der Waals surface area (Å²) < 4.78 is 5.68. The van der Waals surface area contributed by atoms with Crippen LogP contribution in [0.2, 0.25) is 10.0 Å². The van der Waals surface area contributed by atoms with E-state index in [0.717, 1.165) is 17.7 Å². The third kappa shape index (κ3) is 8.08. The molecule has 0 fully saturated rings. The van der Waals surface area contributed by atoms with Gasteiger partial charge in [0.15, 0.2) is 0 Å². The van der Waals surface area contributed by atoms with Crippen LogP contribution in [0.3, 0.4) is 0 Å². The lowest BCUT2D eigenvalue weighted by atomic mass is 10.1. The van der Waals surface area contributed by atoms with Crippen LogP contribution in [0.25, 0.3) is 0 Å². The van der Waals surface area contributed by atoms with Crippen LogP contribution in [-0.4, -0.2) is 35.4 Å². The van der Waals surface area contributed by atoms with E-state index in [1.165, 1.54) is 0 Å². The summed E-state index contributed by atoms with van der Waals surface area (Å²) in [6.07, 6.45) is 1.64. The van der Waals surface area contributed by atoms with Gasteiger partial charge in [-0.1, -0.05) is 54.4 Å². The Hall–Kier alpha value is -2.24. The lowest BCUT2D eigenvalue weighted by Gasteiger charge is -2.30. The highest BCUT2D eigenvalue weighted by Crippen LogP contribution is 2.24. The first kappa shape index (κ1) is 25.0. The second kappa shape index (κ2) is 12.6. The van der Waals surface area contributed by atoms with Crippen LogP contribution >= 0.6 is 23.2 Å². The molecule has 0 radical (unpaired) electrons. The lowest BCUT2D eigenvalue weighted by molar-refractivity contribution is -0.141. The molecule has 0 saturated heterocycles. The van der Waals surface area contributed by atoms with Gasteiger partial charge in [-0.25, -0.2) is 0 Å². The molecule has 0 aliphatic rings. The van der Waals surface area contributed by atoms with Crippen molar-refractivity contribution in [2.24, 2.45) is 0 Å². The number of carbonyl (C=O) groups excluding carboxylic acids is 2. The zero-order valence-corrected chi connectivity index (χ0v) is 19.7. The average Bonchev–Trinajstić information content (AvgIpc) is 2.77. The highest BCUT2D eigenvalue weighted by molar-refractivity contribution is 6.42. The Balaban J connectivity index is 2.04. The Morgan fingerprint density at radius 2 is 1.77 bits per heavy atom. The summed E-state index contributed by atoms with van der Waals surface area (Å²) in [6.45, 7) is 6.37. The second-order valence-corrected chi connectivity index (χ2v) is 8.34. The molecule has 0 bridgehead atoms. The Labute approximate surface area is 194 Å². The van der Waals surface area contributed by atoms with Crippen molar-refractivity contribution in [2.45, 2.75) is 58.7 Å². The van der Waals surface area contributed by atoms with Crippen LogP contribution in [0.4, 0.5) is 0 Å². The van der Waals surface area contributed by atoms with Crippen molar-refractivity contribution in [3.63, 3.8) is 0 Å². The molecule has 0 aliphatic carbocycles. The molecular weight excluding hydrogens is 435 g/mol. The molecule has 2 aromatic rings. The normalized spacial score (nSPS) is 12.7. The van der Waals surface area contributed by atoms with Gasteiger partial charge in [0, 0.05) is 19.0 Å². The van der Waals surface area contributed by atoms with Gasteiger partial charge in [0.1, 0.15) is 11.8 Å². The number of hydrogen-bond donors (Lipinski definition) is 1. The predicted octanol–water partition coefficient (Wildman–Crippen LogP) is 5.48. The number of halogens is 2. The van der Waals surface area contributed by atoms with Crippen LogP contribution < -0.4 is 10.1 Å². The highest BCUT2D eigenvalue weighted by Gasteiger charge is 2.26. The number of para-hydroxylation sites is 1. The molecule has 168 valence electrons. The molecule has 0 aromatic heterocycles. The summed E-state index contributed by atoms with van der Waals surface area (Å²) in [5.41, 5.74) is 0.812. The lowest BCUT2D eigenvalue weighted by Crippen LogP contribution is -2.49. The van der Waals surface area contributed by atoms with E-state index in [9.17, 15) is 9.59 Å². The van der Waals surface area contributed by atoms with Gasteiger partial charge < -0.3 is 15.0 Å². The van der Waals surface area contributed by atoms with Crippen LogP contribution in [0.5, 0.6) is 5.75 Å². The standard InChI is InChI=1S/C24H30Cl2N2O3/c1-4-17(2)27-24(30)18(3)28(16-19-12-13-21(25)22(26)15-19)23(29)11-8-14-31-20-9-6-5-7-10-20/h5-7,9-10,12-13,15,17-18H,4,8,11,14,16H2,1-3H3,(H,27,30)/t17-,18-/m0/s1.